The minimum absolute atomic E-state index is 0.151. The van der Waals surface area contributed by atoms with Crippen LogP contribution in [0.15, 0.2) is 84.9 Å². The molecule has 1 aliphatic rings. The van der Waals surface area contributed by atoms with E-state index in [9.17, 15) is 4.39 Å². The maximum Gasteiger partial charge on any atom is 0.130 e. The molecule has 0 unspecified atom stereocenters. The van der Waals surface area contributed by atoms with Gasteiger partial charge in [-0.15, -0.1) is 0 Å². The van der Waals surface area contributed by atoms with E-state index in [4.69, 9.17) is 0 Å². The number of allylic oxidation sites excluding steroid dienone is 2. The summed E-state index contributed by atoms with van der Waals surface area (Å²) in [6.07, 6.45) is 17.1. The number of benzene rings is 3. The van der Waals surface area contributed by atoms with E-state index < -0.39 is 0 Å². The Bertz CT molecular complexity index is 1100. The predicted octanol–water partition coefficient (Wildman–Crippen LogP) is 9.97. The first-order valence-electron chi connectivity index (χ1n) is 13.3. The molecule has 0 bridgehead atoms. The molecule has 0 saturated heterocycles. The summed E-state index contributed by atoms with van der Waals surface area (Å²) in [6, 6.07) is 25.0. The van der Waals surface area contributed by atoms with Gasteiger partial charge in [0, 0.05) is 5.56 Å². The van der Waals surface area contributed by atoms with E-state index >= 15 is 0 Å². The van der Waals surface area contributed by atoms with Gasteiger partial charge in [0.1, 0.15) is 5.82 Å². The third kappa shape index (κ3) is 7.28. The van der Waals surface area contributed by atoms with E-state index in [1.165, 1.54) is 49.7 Å². The SMILES string of the molecule is CC=CCCC1CCC(c2ccc(C=Cc3ccc(C[C@H](C)c4ccccc4)cc3F)cc2)CC1. The van der Waals surface area contributed by atoms with Crippen LogP contribution < -0.4 is 0 Å². The van der Waals surface area contributed by atoms with Crippen LogP contribution in [0.25, 0.3) is 12.2 Å². The van der Waals surface area contributed by atoms with Crippen molar-refractivity contribution >= 4 is 12.2 Å². The van der Waals surface area contributed by atoms with E-state index in [0.29, 0.717) is 17.4 Å². The van der Waals surface area contributed by atoms with E-state index in [1.54, 1.807) is 6.07 Å². The number of hydrogen-bond acceptors (Lipinski definition) is 0. The van der Waals surface area contributed by atoms with Gasteiger partial charge in [0.15, 0.2) is 0 Å². The molecule has 182 valence electrons. The highest BCUT2D eigenvalue weighted by molar-refractivity contribution is 5.70. The highest BCUT2D eigenvalue weighted by Crippen LogP contribution is 2.37. The molecule has 0 aliphatic heterocycles. The van der Waals surface area contributed by atoms with Crippen LogP contribution in [0.2, 0.25) is 0 Å². The van der Waals surface area contributed by atoms with Crippen molar-refractivity contribution in [1.29, 1.82) is 0 Å². The quantitative estimate of drug-likeness (QED) is 0.217. The lowest BCUT2D eigenvalue weighted by atomic mass is 9.77. The van der Waals surface area contributed by atoms with Gasteiger partial charge < -0.3 is 0 Å². The fourth-order valence-electron chi connectivity index (χ4n) is 5.43. The molecule has 0 aromatic heterocycles. The summed E-state index contributed by atoms with van der Waals surface area (Å²) >= 11 is 0. The van der Waals surface area contributed by atoms with Gasteiger partial charge in [-0.05, 0) is 97.9 Å². The third-order valence-electron chi connectivity index (χ3n) is 7.66. The average molecular weight is 467 g/mol. The van der Waals surface area contributed by atoms with Gasteiger partial charge in [-0.3, -0.25) is 0 Å². The predicted molar refractivity (Wildman–Crippen MR) is 149 cm³/mol. The fourth-order valence-corrected chi connectivity index (χ4v) is 5.43. The molecule has 1 saturated carbocycles. The van der Waals surface area contributed by atoms with Crippen molar-refractivity contribution in [3.05, 3.63) is 119 Å². The Labute approximate surface area is 211 Å². The Kier molecular flexibility index (Phi) is 9.12. The van der Waals surface area contributed by atoms with Crippen molar-refractivity contribution in [3.8, 4) is 0 Å². The molecule has 1 heteroatoms. The highest BCUT2D eigenvalue weighted by atomic mass is 19.1. The third-order valence-corrected chi connectivity index (χ3v) is 7.66. The molecular formula is C34H39F. The molecule has 0 heterocycles. The first kappa shape index (κ1) is 25.2. The standard InChI is InChI=1S/C34H39F/c1-3-4-6-9-27-12-18-31(19-13-27)32-20-14-28(15-21-32)16-22-33-23-17-29(25-34(33)35)24-26(2)30-10-7-5-8-11-30/h3-5,7-8,10-11,14-17,20-23,25-27,31H,6,9,12-13,18-19,24H2,1-2H3/t26-,27?,31?/m0/s1. The second-order valence-electron chi connectivity index (χ2n) is 10.2. The van der Waals surface area contributed by atoms with Crippen molar-refractivity contribution in [2.45, 2.75) is 70.6 Å². The summed E-state index contributed by atoms with van der Waals surface area (Å²) in [5, 5.41) is 0. The average Bonchev–Trinajstić information content (AvgIpc) is 2.90. The minimum Gasteiger partial charge on any atom is -0.206 e. The lowest BCUT2D eigenvalue weighted by Gasteiger charge is -2.28. The first-order chi connectivity index (χ1) is 17.1. The van der Waals surface area contributed by atoms with Crippen molar-refractivity contribution in [2.75, 3.05) is 0 Å². The van der Waals surface area contributed by atoms with Crippen LogP contribution in [0.3, 0.4) is 0 Å². The van der Waals surface area contributed by atoms with Crippen LogP contribution in [0.5, 0.6) is 0 Å². The summed E-state index contributed by atoms with van der Waals surface area (Å²) in [5.41, 5.74) is 5.54. The molecule has 3 aromatic rings. The van der Waals surface area contributed by atoms with Crippen LogP contribution in [0.1, 0.15) is 92.0 Å². The summed E-state index contributed by atoms with van der Waals surface area (Å²) in [6.45, 7) is 4.30. The van der Waals surface area contributed by atoms with Gasteiger partial charge in [0.2, 0.25) is 0 Å². The molecule has 35 heavy (non-hydrogen) atoms. The van der Waals surface area contributed by atoms with Gasteiger partial charge in [-0.2, -0.15) is 0 Å². The van der Waals surface area contributed by atoms with E-state index in [1.807, 2.05) is 24.3 Å². The van der Waals surface area contributed by atoms with Crippen LogP contribution in [0.4, 0.5) is 4.39 Å². The molecule has 0 radical (unpaired) electrons. The Morgan fingerprint density at radius 1 is 0.886 bits per heavy atom. The zero-order valence-corrected chi connectivity index (χ0v) is 21.3. The first-order valence-corrected chi connectivity index (χ1v) is 13.3. The Balaban J connectivity index is 1.31. The molecular weight excluding hydrogens is 427 g/mol. The minimum atomic E-state index is -0.151. The Morgan fingerprint density at radius 3 is 2.31 bits per heavy atom. The van der Waals surface area contributed by atoms with Crippen LogP contribution in [-0.2, 0) is 6.42 Å². The summed E-state index contributed by atoms with van der Waals surface area (Å²) in [7, 11) is 0. The number of halogens is 1. The van der Waals surface area contributed by atoms with E-state index in [0.717, 1.165) is 23.5 Å². The molecule has 0 amide bonds. The van der Waals surface area contributed by atoms with Gasteiger partial charge in [0.05, 0.1) is 0 Å². The van der Waals surface area contributed by atoms with Crippen molar-refractivity contribution in [2.24, 2.45) is 5.92 Å². The lowest BCUT2D eigenvalue weighted by Crippen LogP contribution is -2.13. The monoisotopic (exact) mass is 466 g/mol. The topological polar surface area (TPSA) is 0 Å². The zero-order valence-electron chi connectivity index (χ0n) is 21.3. The zero-order chi connectivity index (χ0) is 24.5. The second kappa shape index (κ2) is 12.7. The lowest BCUT2D eigenvalue weighted by molar-refractivity contribution is 0.312. The maximum atomic E-state index is 14.8. The Hall–Kier alpha value is -2.93. The van der Waals surface area contributed by atoms with E-state index in [-0.39, 0.29) is 5.82 Å². The fraction of sp³-hybridized carbons (Fsp3) is 0.353. The molecule has 3 aromatic carbocycles. The summed E-state index contributed by atoms with van der Waals surface area (Å²) < 4.78 is 14.8. The molecule has 0 spiro atoms. The van der Waals surface area contributed by atoms with Crippen LogP contribution in [-0.4, -0.2) is 0 Å². The molecule has 1 atom stereocenters. The normalized spacial score (nSPS) is 19.4. The molecule has 0 N–H and O–H groups in total. The molecule has 1 aliphatic carbocycles. The number of hydrogen-bond donors (Lipinski definition) is 0. The van der Waals surface area contributed by atoms with Crippen molar-refractivity contribution < 1.29 is 4.39 Å². The van der Waals surface area contributed by atoms with Crippen molar-refractivity contribution in [3.63, 3.8) is 0 Å². The van der Waals surface area contributed by atoms with Gasteiger partial charge in [-0.25, -0.2) is 4.39 Å². The number of rotatable bonds is 9. The largest absolute Gasteiger partial charge is 0.206 e. The maximum absolute atomic E-state index is 14.8. The van der Waals surface area contributed by atoms with Crippen molar-refractivity contribution in [1.82, 2.24) is 0 Å². The molecule has 4 rings (SSSR count). The summed E-state index contributed by atoms with van der Waals surface area (Å²) in [4.78, 5) is 0. The highest BCUT2D eigenvalue weighted by Gasteiger charge is 2.21. The smallest absolute Gasteiger partial charge is 0.130 e. The van der Waals surface area contributed by atoms with Crippen LogP contribution >= 0.6 is 0 Å². The van der Waals surface area contributed by atoms with Gasteiger partial charge >= 0.3 is 0 Å². The van der Waals surface area contributed by atoms with E-state index in [2.05, 4.69) is 80.6 Å². The molecule has 1 fully saturated rings. The second-order valence-corrected chi connectivity index (χ2v) is 10.2. The van der Waals surface area contributed by atoms with Crippen LogP contribution in [0, 0.1) is 11.7 Å². The summed E-state index contributed by atoms with van der Waals surface area (Å²) in [5.74, 6) is 1.80. The molecule has 0 nitrogen and oxygen atoms in total. The Morgan fingerprint density at radius 2 is 1.63 bits per heavy atom. The van der Waals surface area contributed by atoms with Gasteiger partial charge in [0.25, 0.3) is 0 Å². The van der Waals surface area contributed by atoms with Gasteiger partial charge in [-0.1, -0.05) is 98.0 Å².